The molecular weight excluding hydrogens is 374 g/mol. The van der Waals surface area contributed by atoms with Crippen molar-refractivity contribution in [2.75, 3.05) is 7.11 Å². The van der Waals surface area contributed by atoms with Gasteiger partial charge in [0, 0.05) is 23.9 Å². The average Bonchev–Trinajstić information content (AvgIpc) is 3.33. The summed E-state index contributed by atoms with van der Waals surface area (Å²) in [6.45, 7) is 1.00. The molecule has 1 N–H and O–H groups in total. The second-order valence-corrected chi connectivity index (χ2v) is 7.46. The van der Waals surface area contributed by atoms with E-state index in [0.29, 0.717) is 23.7 Å². The van der Waals surface area contributed by atoms with E-state index in [-0.39, 0.29) is 5.91 Å². The topological polar surface area (TPSA) is 56.1 Å². The van der Waals surface area contributed by atoms with E-state index in [2.05, 4.69) is 22.5 Å². The summed E-state index contributed by atoms with van der Waals surface area (Å²) >= 11 is 5.91. The van der Waals surface area contributed by atoms with Crippen molar-refractivity contribution in [1.82, 2.24) is 15.1 Å². The van der Waals surface area contributed by atoms with Gasteiger partial charge in [-0.05, 0) is 54.2 Å². The van der Waals surface area contributed by atoms with E-state index in [0.717, 1.165) is 29.7 Å². The van der Waals surface area contributed by atoms with E-state index in [9.17, 15) is 4.79 Å². The highest BCUT2D eigenvalue weighted by atomic mass is 35.5. The molecule has 1 aliphatic carbocycles. The highest BCUT2D eigenvalue weighted by Crippen LogP contribution is 2.29. The molecule has 1 heterocycles. The van der Waals surface area contributed by atoms with Crippen LogP contribution < -0.4 is 10.1 Å². The van der Waals surface area contributed by atoms with Crippen molar-refractivity contribution < 1.29 is 9.53 Å². The maximum Gasteiger partial charge on any atom is 0.251 e. The van der Waals surface area contributed by atoms with Crippen LogP contribution in [0.1, 0.15) is 39.0 Å². The zero-order valence-electron chi connectivity index (χ0n) is 15.7. The maximum atomic E-state index is 12.7. The number of aryl methyl sites for hydroxylation is 2. The number of rotatable bonds is 6. The number of amides is 1. The number of carbonyl (C=O) groups is 1. The minimum atomic E-state index is -0.108. The van der Waals surface area contributed by atoms with Crippen molar-refractivity contribution >= 4 is 17.5 Å². The van der Waals surface area contributed by atoms with Gasteiger partial charge in [-0.3, -0.25) is 9.48 Å². The first-order valence-electron chi connectivity index (χ1n) is 9.36. The van der Waals surface area contributed by atoms with Crippen LogP contribution in [0.15, 0.2) is 48.8 Å². The number of hydrogen-bond acceptors (Lipinski definition) is 3. The smallest absolute Gasteiger partial charge is 0.251 e. The molecule has 0 fully saturated rings. The predicted octanol–water partition coefficient (Wildman–Crippen LogP) is 4.01. The lowest BCUT2D eigenvalue weighted by molar-refractivity contribution is 0.0950. The van der Waals surface area contributed by atoms with Crippen LogP contribution in [0.4, 0.5) is 0 Å². The van der Waals surface area contributed by atoms with E-state index in [4.69, 9.17) is 16.3 Å². The van der Waals surface area contributed by atoms with Crippen LogP contribution in [0.25, 0.3) is 0 Å². The number of methoxy groups -OCH3 is 1. The Morgan fingerprint density at radius 1 is 1.25 bits per heavy atom. The van der Waals surface area contributed by atoms with Crippen LogP contribution in [0.2, 0.25) is 5.02 Å². The van der Waals surface area contributed by atoms with Crippen LogP contribution in [0, 0.1) is 0 Å². The van der Waals surface area contributed by atoms with E-state index in [1.165, 1.54) is 17.5 Å². The van der Waals surface area contributed by atoms with Gasteiger partial charge in [0.1, 0.15) is 5.75 Å². The fourth-order valence-electron chi connectivity index (χ4n) is 3.68. The number of aromatic nitrogens is 2. The summed E-state index contributed by atoms with van der Waals surface area (Å²) in [5.41, 5.74) is 5.35. The molecule has 6 heteroatoms. The van der Waals surface area contributed by atoms with Gasteiger partial charge in [-0.15, -0.1) is 0 Å². The minimum Gasteiger partial charge on any atom is -0.496 e. The molecule has 1 aliphatic rings. The van der Waals surface area contributed by atoms with Crippen molar-refractivity contribution in [2.45, 2.75) is 32.4 Å². The normalized spacial score (nSPS) is 12.6. The molecule has 1 aromatic heterocycles. The van der Waals surface area contributed by atoms with E-state index >= 15 is 0 Å². The second-order valence-electron chi connectivity index (χ2n) is 7.03. The largest absolute Gasteiger partial charge is 0.496 e. The van der Waals surface area contributed by atoms with Gasteiger partial charge < -0.3 is 10.1 Å². The molecule has 0 saturated carbocycles. The van der Waals surface area contributed by atoms with Gasteiger partial charge in [0.25, 0.3) is 5.91 Å². The Balaban J connectivity index is 1.45. The molecule has 0 atom stereocenters. The molecular formula is C22H22ClN3O2. The number of ether oxygens (including phenoxy) is 1. The fraction of sp³-hybridized carbons (Fsp3) is 0.273. The first-order chi connectivity index (χ1) is 13.6. The molecule has 0 bridgehead atoms. The molecule has 5 nitrogen and oxygen atoms in total. The van der Waals surface area contributed by atoms with Crippen molar-refractivity contribution in [3.63, 3.8) is 0 Å². The number of halogens is 1. The number of hydrogen-bond donors (Lipinski definition) is 1. The Labute approximate surface area is 169 Å². The van der Waals surface area contributed by atoms with Crippen molar-refractivity contribution in [1.29, 1.82) is 0 Å². The lowest BCUT2D eigenvalue weighted by Crippen LogP contribution is -2.23. The summed E-state index contributed by atoms with van der Waals surface area (Å²) in [7, 11) is 1.67. The number of nitrogens with zero attached hydrogens (tertiary/aromatic N) is 2. The third kappa shape index (κ3) is 4.04. The number of fused-ring (bicyclic) bond motifs is 1. The standard InChI is InChI=1S/C22H22ClN3O2/c1-28-21-10-17-6-3-5-16(17)9-19(21)11-24-22(27)18-7-2-4-15(8-18)13-26-14-20(23)12-25-26/h2,4,7-10,12,14H,3,5-6,11,13H2,1H3,(H,24,27). The van der Waals surface area contributed by atoms with Crippen LogP contribution in [0.5, 0.6) is 5.75 Å². The van der Waals surface area contributed by atoms with Gasteiger partial charge >= 0.3 is 0 Å². The first-order valence-corrected chi connectivity index (χ1v) is 9.74. The monoisotopic (exact) mass is 395 g/mol. The van der Waals surface area contributed by atoms with Gasteiger partial charge in [-0.2, -0.15) is 5.10 Å². The summed E-state index contributed by atoms with van der Waals surface area (Å²) in [4.78, 5) is 12.7. The van der Waals surface area contributed by atoms with E-state index < -0.39 is 0 Å². The number of benzene rings is 2. The third-order valence-corrected chi connectivity index (χ3v) is 5.26. The van der Waals surface area contributed by atoms with Crippen LogP contribution >= 0.6 is 11.6 Å². The molecule has 3 aromatic rings. The number of carbonyl (C=O) groups excluding carboxylic acids is 1. The first kappa shape index (κ1) is 18.6. The van der Waals surface area contributed by atoms with Crippen molar-refractivity contribution in [3.05, 3.63) is 81.6 Å². The fourth-order valence-corrected chi connectivity index (χ4v) is 3.84. The average molecular weight is 396 g/mol. The quantitative estimate of drug-likeness (QED) is 0.686. The summed E-state index contributed by atoms with van der Waals surface area (Å²) in [6, 6.07) is 11.8. The van der Waals surface area contributed by atoms with Crippen LogP contribution in [0.3, 0.4) is 0 Å². The zero-order chi connectivity index (χ0) is 19.5. The Morgan fingerprint density at radius 3 is 2.82 bits per heavy atom. The summed E-state index contributed by atoms with van der Waals surface area (Å²) in [6.07, 6.45) is 6.74. The lowest BCUT2D eigenvalue weighted by atomic mass is 10.0. The maximum absolute atomic E-state index is 12.7. The lowest BCUT2D eigenvalue weighted by Gasteiger charge is -2.13. The highest BCUT2D eigenvalue weighted by Gasteiger charge is 2.16. The summed E-state index contributed by atoms with van der Waals surface area (Å²) in [5, 5.41) is 7.79. The van der Waals surface area contributed by atoms with Gasteiger partial charge in [-0.25, -0.2) is 0 Å². The van der Waals surface area contributed by atoms with Gasteiger partial charge in [0.15, 0.2) is 0 Å². The van der Waals surface area contributed by atoms with Gasteiger partial charge in [-0.1, -0.05) is 29.8 Å². The Hall–Kier alpha value is -2.79. The Morgan fingerprint density at radius 2 is 2.07 bits per heavy atom. The molecule has 1 amide bonds. The molecule has 0 spiro atoms. The molecule has 144 valence electrons. The van der Waals surface area contributed by atoms with Gasteiger partial charge in [0.05, 0.1) is 24.9 Å². The van der Waals surface area contributed by atoms with Crippen molar-refractivity contribution in [2.24, 2.45) is 0 Å². The molecule has 0 unspecified atom stereocenters. The predicted molar refractivity (Wildman–Crippen MR) is 109 cm³/mol. The SMILES string of the molecule is COc1cc2c(cc1CNC(=O)c1cccc(Cn3cc(Cl)cn3)c1)CCC2. The second kappa shape index (κ2) is 8.07. The van der Waals surface area contributed by atoms with E-state index in [1.807, 2.05) is 24.3 Å². The molecule has 4 rings (SSSR count). The zero-order valence-corrected chi connectivity index (χ0v) is 16.5. The molecule has 28 heavy (non-hydrogen) atoms. The van der Waals surface area contributed by atoms with Crippen LogP contribution in [-0.4, -0.2) is 22.8 Å². The van der Waals surface area contributed by atoms with Crippen molar-refractivity contribution in [3.8, 4) is 5.75 Å². The Kier molecular flexibility index (Phi) is 5.35. The summed E-state index contributed by atoms with van der Waals surface area (Å²) < 4.78 is 7.27. The van der Waals surface area contributed by atoms with Crippen LogP contribution in [-0.2, 0) is 25.9 Å². The molecule has 0 saturated heterocycles. The van der Waals surface area contributed by atoms with E-state index in [1.54, 1.807) is 24.2 Å². The number of nitrogens with one attached hydrogen (secondary N) is 1. The highest BCUT2D eigenvalue weighted by molar-refractivity contribution is 6.30. The third-order valence-electron chi connectivity index (χ3n) is 5.07. The Bertz CT molecular complexity index is 1010. The molecule has 0 radical (unpaired) electrons. The summed E-state index contributed by atoms with van der Waals surface area (Å²) in [5.74, 6) is 0.730. The molecule has 2 aromatic carbocycles. The molecule has 0 aliphatic heterocycles. The van der Waals surface area contributed by atoms with Gasteiger partial charge in [0.2, 0.25) is 0 Å². The minimum absolute atomic E-state index is 0.108.